The van der Waals surface area contributed by atoms with Gasteiger partial charge in [-0.25, -0.2) is 14.0 Å². The molecule has 108 valence electrons. The van der Waals surface area contributed by atoms with Crippen LogP contribution in [0.1, 0.15) is 0 Å². The second-order valence-electron chi connectivity index (χ2n) is 4.00. The molecule has 1 heterocycles. The van der Waals surface area contributed by atoms with Crippen LogP contribution in [0, 0.1) is 5.82 Å². The molecule has 0 saturated carbocycles. The molecule has 20 heavy (non-hydrogen) atoms. The number of hydrogen-bond acceptors (Lipinski definition) is 3. The average molecular weight is 339 g/mol. The van der Waals surface area contributed by atoms with Gasteiger partial charge >= 0.3 is 12.0 Å². The van der Waals surface area contributed by atoms with Crippen LogP contribution in [0.3, 0.4) is 0 Å². The summed E-state index contributed by atoms with van der Waals surface area (Å²) in [4.78, 5) is 24.2. The Hall–Kier alpha value is -1.18. The Kier molecular flexibility index (Phi) is 4.62. The third-order valence-corrected chi connectivity index (χ3v) is 4.28. The summed E-state index contributed by atoms with van der Waals surface area (Å²) in [5.74, 6) is -1.15. The number of benzene rings is 1. The fourth-order valence-corrected chi connectivity index (χ4v) is 3.39. The monoisotopic (exact) mass is 338 g/mol. The van der Waals surface area contributed by atoms with E-state index in [2.05, 4.69) is 5.32 Å². The van der Waals surface area contributed by atoms with E-state index in [1.165, 1.54) is 11.8 Å². The Bertz CT molecular complexity index is 550. The average Bonchev–Trinajstić information content (AvgIpc) is 2.82. The highest BCUT2D eigenvalue weighted by Crippen LogP contribution is 2.32. The molecule has 2 rings (SSSR count). The normalized spacial score (nSPS) is 18.1. The molecule has 0 bridgehead atoms. The largest absolute Gasteiger partial charge is 0.480 e. The van der Waals surface area contributed by atoms with Crippen molar-refractivity contribution in [3.8, 4) is 0 Å². The summed E-state index contributed by atoms with van der Waals surface area (Å²) in [5.41, 5.74) is 0.0563. The van der Waals surface area contributed by atoms with Crippen molar-refractivity contribution in [1.29, 1.82) is 0 Å². The Balaban J connectivity index is 2.18. The van der Waals surface area contributed by atoms with Crippen molar-refractivity contribution in [2.24, 2.45) is 0 Å². The lowest BCUT2D eigenvalue weighted by atomic mass is 10.3. The van der Waals surface area contributed by atoms with Crippen molar-refractivity contribution in [2.45, 2.75) is 6.04 Å². The maximum absolute atomic E-state index is 13.0. The molecule has 1 aromatic carbocycles. The molecule has 1 aliphatic rings. The molecule has 1 atom stereocenters. The number of nitrogens with zero attached hydrogens (tertiary/aromatic N) is 1. The molecule has 2 amide bonds. The smallest absolute Gasteiger partial charge is 0.327 e. The summed E-state index contributed by atoms with van der Waals surface area (Å²) in [6.07, 6.45) is 0. The van der Waals surface area contributed by atoms with Crippen LogP contribution in [0.2, 0.25) is 10.0 Å². The van der Waals surface area contributed by atoms with Gasteiger partial charge in [0, 0.05) is 5.75 Å². The molecule has 1 aliphatic heterocycles. The highest BCUT2D eigenvalue weighted by molar-refractivity contribution is 7.99. The lowest BCUT2D eigenvalue weighted by Gasteiger charge is -2.21. The SMILES string of the molecule is O=C(O)C1CSCN1C(=O)Nc1c(Cl)cc(F)cc1Cl. The Morgan fingerprint density at radius 1 is 1.40 bits per heavy atom. The number of amides is 2. The molecule has 5 nitrogen and oxygen atoms in total. The number of hydrogen-bond donors (Lipinski definition) is 2. The van der Waals surface area contributed by atoms with Crippen molar-refractivity contribution in [3.05, 3.63) is 28.0 Å². The van der Waals surface area contributed by atoms with Gasteiger partial charge in [-0.15, -0.1) is 11.8 Å². The number of urea groups is 1. The van der Waals surface area contributed by atoms with Crippen LogP contribution < -0.4 is 5.32 Å². The number of carboxylic acid groups (broad SMARTS) is 1. The maximum atomic E-state index is 13.0. The zero-order valence-electron chi connectivity index (χ0n) is 9.90. The maximum Gasteiger partial charge on any atom is 0.327 e. The number of nitrogens with one attached hydrogen (secondary N) is 1. The molecule has 0 radical (unpaired) electrons. The summed E-state index contributed by atoms with van der Waals surface area (Å²) in [6.45, 7) is 0. The van der Waals surface area contributed by atoms with Gasteiger partial charge in [0.05, 0.1) is 21.6 Å². The number of rotatable bonds is 2. The summed E-state index contributed by atoms with van der Waals surface area (Å²) in [6, 6.07) is 0.475. The minimum Gasteiger partial charge on any atom is -0.480 e. The van der Waals surface area contributed by atoms with Gasteiger partial charge in [0.1, 0.15) is 11.9 Å². The summed E-state index contributed by atoms with van der Waals surface area (Å²) >= 11 is 12.9. The van der Waals surface area contributed by atoms with E-state index in [1.807, 2.05) is 0 Å². The molecular weight excluding hydrogens is 330 g/mol. The van der Waals surface area contributed by atoms with Crippen LogP contribution in [0.15, 0.2) is 12.1 Å². The first kappa shape index (κ1) is 15.2. The van der Waals surface area contributed by atoms with Gasteiger partial charge < -0.3 is 15.3 Å². The minimum atomic E-state index is -1.08. The fraction of sp³-hybridized carbons (Fsp3) is 0.273. The van der Waals surface area contributed by atoms with Crippen molar-refractivity contribution in [3.63, 3.8) is 0 Å². The van der Waals surface area contributed by atoms with Gasteiger partial charge in [-0.3, -0.25) is 0 Å². The van der Waals surface area contributed by atoms with Crippen LogP contribution in [-0.4, -0.2) is 39.7 Å². The van der Waals surface area contributed by atoms with Gasteiger partial charge in [0.25, 0.3) is 0 Å². The van der Waals surface area contributed by atoms with E-state index in [1.54, 1.807) is 0 Å². The van der Waals surface area contributed by atoms with Crippen molar-refractivity contribution in [2.75, 3.05) is 16.9 Å². The van der Waals surface area contributed by atoms with Crippen LogP contribution in [0.25, 0.3) is 0 Å². The van der Waals surface area contributed by atoms with E-state index in [-0.39, 0.29) is 21.6 Å². The standard InChI is InChI=1S/C11H9Cl2FN2O3S/c12-6-1-5(14)2-7(13)9(6)15-11(19)16-4-20-3-8(16)10(17)18/h1-2,8H,3-4H2,(H,15,19)(H,17,18). The Labute approximate surface area is 128 Å². The number of halogens is 3. The zero-order chi connectivity index (χ0) is 14.9. The van der Waals surface area contributed by atoms with Crippen LogP contribution in [0.4, 0.5) is 14.9 Å². The second-order valence-corrected chi connectivity index (χ2v) is 5.81. The number of anilines is 1. The lowest BCUT2D eigenvalue weighted by Crippen LogP contribution is -2.44. The molecule has 9 heteroatoms. The van der Waals surface area contributed by atoms with Crippen LogP contribution >= 0.6 is 35.0 Å². The van der Waals surface area contributed by atoms with Gasteiger partial charge in [0.15, 0.2) is 0 Å². The van der Waals surface area contributed by atoms with E-state index in [0.717, 1.165) is 17.0 Å². The third kappa shape index (κ3) is 3.11. The first-order valence-electron chi connectivity index (χ1n) is 5.43. The molecule has 2 N–H and O–H groups in total. The number of aliphatic carboxylic acids is 1. The zero-order valence-corrected chi connectivity index (χ0v) is 12.2. The summed E-state index contributed by atoms with van der Waals surface area (Å²) < 4.78 is 13.0. The van der Waals surface area contributed by atoms with Gasteiger partial charge in [-0.05, 0) is 12.1 Å². The van der Waals surface area contributed by atoms with E-state index in [0.29, 0.717) is 5.75 Å². The summed E-state index contributed by atoms with van der Waals surface area (Å²) in [7, 11) is 0. The first-order valence-corrected chi connectivity index (χ1v) is 7.34. The molecule has 0 aromatic heterocycles. The van der Waals surface area contributed by atoms with Crippen molar-refractivity contribution in [1.82, 2.24) is 4.90 Å². The predicted octanol–water partition coefficient (Wildman–Crippen LogP) is 3.12. The second kappa shape index (κ2) is 6.07. The van der Waals surface area contributed by atoms with Gasteiger partial charge in [0.2, 0.25) is 0 Å². The van der Waals surface area contributed by atoms with Crippen molar-refractivity contribution >= 4 is 52.7 Å². The van der Waals surface area contributed by atoms with E-state index in [4.69, 9.17) is 28.3 Å². The number of carbonyl (C=O) groups is 2. The molecule has 1 unspecified atom stereocenters. The first-order chi connectivity index (χ1) is 9.40. The van der Waals surface area contributed by atoms with Crippen LogP contribution in [-0.2, 0) is 4.79 Å². The predicted molar refractivity (Wildman–Crippen MR) is 76.0 cm³/mol. The topological polar surface area (TPSA) is 69.6 Å². The third-order valence-electron chi connectivity index (χ3n) is 2.67. The Morgan fingerprint density at radius 3 is 2.55 bits per heavy atom. The quantitative estimate of drug-likeness (QED) is 0.869. The van der Waals surface area contributed by atoms with Crippen LogP contribution in [0.5, 0.6) is 0 Å². The molecule has 1 saturated heterocycles. The number of carboxylic acids is 1. The van der Waals surface area contributed by atoms with Gasteiger partial charge in [-0.2, -0.15) is 0 Å². The number of thioether (sulfide) groups is 1. The highest BCUT2D eigenvalue weighted by atomic mass is 35.5. The molecule has 0 spiro atoms. The van der Waals surface area contributed by atoms with E-state index >= 15 is 0 Å². The van der Waals surface area contributed by atoms with Gasteiger partial charge in [-0.1, -0.05) is 23.2 Å². The van der Waals surface area contributed by atoms with E-state index < -0.39 is 23.9 Å². The molecule has 1 aromatic rings. The molecular formula is C11H9Cl2FN2O3S. The number of carbonyl (C=O) groups excluding carboxylic acids is 1. The highest BCUT2D eigenvalue weighted by Gasteiger charge is 2.35. The Morgan fingerprint density at radius 2 is 2.00 bits per heavy atom. The molecule has 0 aliphatic carbocycles. The minimum absolute atomic E-state index is 0.0536. The van der Waals surface area contributed by atoms with E-state index in [9.17, 15) is 14.0 Å². The molecule has 1 fully saturated rings. The van der Waals surface area contributed by atoms with Crippen molar-refractivity contribution < 1.29 is 19.1 Å². The lowest BCUT2D eigenvalue weighted by molar-refractivity contribution is -0.140. The summed E-state index contributed by atoms with van der Waals surface area (Å²) in [5, 5.41) is 11.3. The fourth-order valence-electron chi connectivity index (χ4n) is 1.69.